The summed E-state index contributed by atoms with van der Waals surface area (Å²) in [5.74, 6) is 1.32. The largest absolute Gasteiger partial charge is 0.441 e. The Morgan fingerprint density at radius 2 is 2.26 bits per heavy atom. The Labute approximate surface area is 140 Å². The molecule has 3 heterocycles. The van der Waals surface area contributed by atoms with E-state index in [-0.39, 0.29) is 17.7 Å². The molecule has 1 aliphatic rings. The molecule has 2 aromatic rings. The van der Waals surface area contributed by atoms with E-state index in [9.17, 15) is 4.79 Å². The van der Waals surface area contributed by atoms with Gasteiger partial charge in [-0.25, -0.2) is 4.98 Å². The summed E-state index contributed by atoms with van der Waals surface area (Å²) in [7, 11) is 0. The summed E-state index contributed by atoms with van der Waals surface area (Å²) in [5.41, 5.74) is 1.88. The number of carbonyl (C=O) groups excluding carboxylic acids is 1. The molecule has 0 aliphatic carbocycles. The SMILES string of the molecule is Cc1oc(-c2ccsc2)nc1CC(=O)NCC1(C)CCNCC1. The average Bonchev–Trinajstić information content (AvgIpc) is 3.17. The van der Waals surface area contributed by atoms with Crippen molar-refractivity contribution in [2.45, 2.75) is 33.1 Å². The first-order valence-corrected chi connectivity index (χ1v) is 8.96. The fourth-order valence-electron chi connectivity index (χ4n) is 2.84. The Balaban J connectivity index is 1.57. The topological polar surface area (TPSA) is 67.2 Å². The number of thiophene rings is 1. The maximum Gasteiger partial charge on any atom is 0.227 e. The van der Waals surface area contributed by atoms with Crippen LogP contribution in [0.4, 0.5) is 0 Å². The third-order valence-corrected chi connectivity index (χ3v) is 5.20. The van der Waals surface area contributed by atoms with Crippen molar-refractivity contribution in [1.82, 2.24) is 15.6 Å². The summed E-state index contributed by atoms with van der Waals surface area (Å²) >= 11 is 1.60. The molecule has 0 atom stereocenters. The number of hydrogen-bond acceptors (Lipinski definition) is 5. The Bertz CT molecular complexity index is 657. The number of carbonyl (C=O) groups is 1. The van der Waals surface area contributed by atoms with Crippen LogP contribution in [0, 0.1) is 12.3 Å². The van der Waals surface area contributed by atoms with Gasteiger partial charge in [0.1, 0.15) is 5.76 Å². The molecule has 2 N–H and O–H groups in total. The minimum absolute atomic E-state index is 0.0121. The van der Waals surface area contributed by atoms with Gasteiger partial charge in [0, 0.05) is 17.5 Å². The summed E-state index contributed by atoms with van der Waals surface area (Å²) in [6.45, 7) is 6.88. The van der Waals surface area contributed by atoms with E-state index in [2.05, 4.69) is 22.5 Å². The molecule has 124 valence electrons. The smallest absolute Gasteiger partial charge is 0.227 e. The molecule has 3 rings (SSSR count). The van der Waals surface area contributed by atoms with Gasteiger partial charge in [0.25, 0.3) is 0 Å². The number of nitrogens with zero attached hydrogens (tertiary/aromatic N) is 1. The van der Waals surface area contributed by atoms with Crippen LogP contribution in [-0.2, 0) is 11.2 Å². The van der Waals surface area contributed by atoms with Gasteiger partial charge in [-0.1, -0.05) is 6.92 Å². The highest BCUT2D eigenvalue weighted by molar-refractivity contribution is 7.08. The van der Waals surface area contributed by atoms with Crippen LogP contribution in [0.2, 0.25) is 0 Å². The zero-order valence-electron chi connectivity index (χ0n) is 13.6. The quantitative estimate of drug-likeness (QED) is 0.883. The molecule has 6 heteroatoms. The molecule has 23 heavy (non-hydrogen) atoms. The van der Waals surface area contributed by atoms with Gasteiger partial charge in [0.15, 0.2) is 0 Å². The van der Waals surface area contributed by atoms with Gasteiger partial charge in [-0.2, -0.15) is 11.3 Å². The molecule has 0 radical (unpaired) electrons. The second-order valence-corrected chi connectivity index (χ2v) is 7.33. The molecular formula is C17H23N3O2S. The maximum atomic E-state index is 12.2. The lowest BCUT2D eigenvalue weighted by atomic mass is 9.81. The van der Waals surface area contributed by atoms with Crippen LogP contribution in [0.25, 0.3) is 11.5 Å². The molecule has 1 amide bonds. The molecule has 0 bridgehead atoms. The zero-order chi connectivity index (χ0) is 16.3. The van der Waals surface area contributed by atoms with Crippen LogP contribution < -0.4 is 10.6 Å². The van der Waals surface area contributed by atoms with Crippen molar-refractivity contribution in [3.8, 4) is 11.5 Å². The van der Waals surface area contributed by atoms with E-state index in [1.54, 1.807) is 11.3 Å². The van der Waals surface area contributed by atoms with Crippen molar-refractivity contribution in [2.24, 2.45) is 5.41 Å². The highest BCUT2D eigenvalue weighted by Gasteiger charge is 2.27. The number of aromatic nitrogens is 1. The van der Waals surface area contributed by atoms with E-state index < -0.39 is 0 Å². The number of piperidine rings is 1. The first kappa shape index (κ1) is 16.2. The number of nitrogens with one attached hydrogen (secondary N) is 2. The average molecular weight is 333 g/mol. The minimum atomic E-state index is 0.0121. The summed E-state index contributed by atoms with van der Waals surface area (Å²) in [6, 6.07) is 1.97. The van der Waals surface area contributed by atoms with Crippen LogP contribution in [0.5, 0.6) is 0 Å². The van der Waals surface area contributed by atoms with Crippen LogP contribution in [-0.4, -0.2) is 30.5 Å². The Morgan fingerprint density at radius 1 is 1.48 bits per heavy atom. The van der Waals surface area contributed by atoms with Gasteiger partial charge in [-0.15, -0.1) is 0 Å². The molecular weight excluding hydrogens is 310 g/mol. The van der Waals surface area contributed by atoms with E-state index in [1.165, 1.54) is 0 Å². The van der Waals surface area contributed by atoms with Gasteiger partial charge in [0.05, 0.1) is 12.1 Å². The highest BCUT2D eigenvalue weighted by atomic mass is 32.1. The van der Waals surface area contributed by atoms with Gasteiger partial charge in [-0.3, -0.25) is 4.79 Å². The summed E-state index contributed by atoms with van der Waals surface area (Å²) in [4.78, 5) is 16.7. The number of amides is 1. The van der Waals surface area contributed by atoms with E-state index in [4.69, 9.17) is 4.42 Å². The van der Waals surface area contributed by atoms with Crippen molar-refractivity contribution in [3.63, 3.8) is 0 Å². The monoisotopic (exact) mass is 333 g/mol. The fourth-order valence-corrected chi connectivity index (χ4v) is 3.47. The Kier molecular flexibility index (Phi) is 4.82. The highest BCUT2D eigenvalue weighted by Crippen LogP contribution is 2.27. The zero-order valence-corrected chi connectivity index (χ0v) is 14.5. The lowest BCUT2D eigenvalue weighted by molar-refractivity contribution is -0.121. The number of oxazole rings is 1. The number of aryl methyl sites for hydroxylation is 1. The Hall–Kier alpha value is -1.66. The number of rotatable bonds is 5. The van der Waals surface area contributed by atoms with E-state index in [0.29, 0.717) is 5.89 Å². The molecule has 0 unspecified atom stereocenters. The van der Waals surface area contributed by atoms with Crippen LogP contribution in [0.1, 0.15) is 31.2 Å². The Morgan fingerprint density at radius 3 is 2.96 bits per heavy atom. The second-order valence-electron chi connectivity index (χ2n) is 6.55. The molecule has 0 saturated carbocycles. The fraction of sp³-hybridized carbons (Fsp3) is 0.529. The molecule has 0 aromatic carbocycles. The van der Waals surface area contributed by atoms with Crippen molar-refractivity contribution < 1.29 is 9.21 Å². The van der Waals surface area contributed by atoms with Crippen LogP contribution in [0.3, 0.4) is 0 Å². The predicted octanol–water partition coefficient (Wildman–Crippen LogP) is 2.76. The molecule has 5 nitrogen and oxygen atoms in total. The molecule has 2 aromatic heterocycles. The lowest BCUT2D eigenvalue weighted by Gasteiger charge is -2.34. The second kappa shape index (κ2) is 6.84. The molecule has 1 saturated heterocycles. The van der Waals surface area contributed by atoms with Gasteiger partial charge < -0.3 is 15.1 Å². The maximum absolute atomic E-state index is 12.2. The lowest BCUT2D eigenvalue weighted by Crippen LogP contribution is -2.43. The van der Waals surface area contributed by atoms with Crippen molar-refractivity contribution in [3.05, 3.63) is 28.3 Å². The third kappa shape index (κ3) is 4.00. The van der Waals surface area contributed by atoms with Crippen LogP contribution >= 0.6 is 11.3 Å². The first-order valence-electron chi connectivity index (χ1n) is 8.02. The standard InChI is InChI=1S/C17H23N3O2S/c1-12-14(20-16(22-12)13-3-8-23-10-13)9-15(21)19-11-17(2)4-6-18-7-5-17/h3,8,10,18H,4-7,9,11H2,1-2H3,(H,19,21). The molecule has 0 spiro atoms. The van der Waals surface area contributed by atoms with Crippen molar-refractivity contribution >= 4 is 17.2 Å². The summed E-state index contributed by atoms with van der Waals surface area (Å²) in [5, 5.41) is 10.4. The van der Waals surface area contributed by atoms with Crippen molar-refractivity contribution in [1.29, 1.82) is 0 Å². The summed E-state index contributed by atoms with van der Waals surface area (Å²) in [6.07, 6.45) is 2.46. The number of hydrogen-bond donors (Lipinski definition) is 2. The van der Waals surface area contributed by atoms with Crippen molar-refractivity contribution in [2.75, 3.05) is 19.6 Å². The van der Waals surface area contributed by atoms with Gasteiger partial charge >= 0.3 is 0 Å². The van der Waals surface area contributed by atoms with Gasteiger partial charge in [-0.05, 0) is 49.7 Å². The predicted molar refractivity (Wildman–Crippen MR) is 91.5 cm³/mol. The van der Waals surface area contributed by atoms with Crippen LogP contribution in [0.15, 0.2) is 21.2 Å². The van der Waals surface area contributed by atoms with E-state index in [0.717, 1.165) is 49.5 Å². The van der Waals surface area contributed by atoms with E-state index in [1.807, 2.05) is 23.8 Å². The molecule has 1 fully saturated rings. The summed E-state index contributed by atoms with van der Waals surface area (Å²) < 4.78 is 5.68. The molecule has 1 aliphatic heterocycles. The van der Waals surface area contributed by atoms with Gasteiger partial charge in [0.2, 0.25) is 11.8 Å². The van der Waals surface area contributed by atoms with E-state index >= 15 is 0 Å². The minimum Gasteiger partial charge on any atom is -0.441 e. The normalized spacial score (nSPS) is 17.1. The third-order valence-electron chi connectivity index (χ3n) is 4.51. The first-order chi connectivity index (χ1) is 11.1.